The molecule has 6 nitrogen and oxygen atoms in total. The molecule has 0 heterocycles. The molecule has 0 fully saturated rings. The average molecular weight is 346 g/mol. The van der Waals surface area contributed by atoms with E-state index < -0.39 is 11.7 Å². The van der Waals surface area contributed by atoms with Crippen LogP contribution in [-0.2, 0) is 9.59 Å². The van der Waals surface area contributed by atoms with Crippen LogP contribution in [0.3, 0.4) is 0 Å². The van der Waals surface area contributed by atoms with Crippen LogP contribution in [0.1, 0.15) is 6.92 Å². The van der Waals surface area contributed by atoms with Gasteiger partial charge in [-0.05, 0) is 30.3 Å². The first-order chi connectivity index (χ1) is 11.9. The second-order valence-electron chi connectivity index (χ2n) is 5.20. The van der Waals surface area contributed by atoms with Crippen LogP contribution in [0.25, 0.3) is 0 Å². The quantitative estimate of drug-likeness (QED) is 0.873. The second kappa shape index (κ2) is 8.14. The van der Waals surface area contributed by atoms with Gasteiger partial charge >= 0.3 is 0 Å². The number of anilines is 2. The van der Waals surface area contributed by atoms with Gasteiger partial charge in [0.15, 0.2) is 0 Å². The molecule has 25 heavy (non-hydrogen) atoms. The molecule has 0 spiro atoms. The first kappa shape index (κ1) is 18.3. The van der Waals surface area contributed by atoms with Gasteiger partial charge < -0.3 is 19.7 Å². The molecule has 1 N–H and O–H groups in total. The lowest BCUT2D eigenvalue weighted by Crippen LogP contribution is -2.36. The minimum absolute atomic E-state index is 0.256. The largest absolute Gasteiger partial charge is 0.497 e. The predicted octanol–water partition coefficient (Wildman–Crippen LogP) is 2.83. The lowest BCUT2D eigenvalue weighted by atomic mass is 10.2. The topological polar surface area (TPSA) is 67.9 Å². The van der Waals surface area contributed by atoms with Crippen LogP contribution in [0.2, 0.25) is 0 Å². The molecular weight excluding hydrogens is 327 g/mol. The van der Waals surface area contributed by atoms with Crippen molar-refractivity contribution in [2.75, 3.05) is 31.0 Å². The highest BCUT2D eigenvalue weighted by molar-refractivity contribution is 6.02. The van der Waals surface area contributed by atoms with Gasteiger partial charge in [0.1, 0.15) is 23.9 Å². The van der Waals surface area contributed by atoms with Gasteiger partial charge in [-0.1, -0.05) is 6.07 Å². The Hall–Kier alpha value is -3.09. The molecule has 2 amide bonds. The van der Waals surface area contributed by atoms with E-state index in [0.717, 1.165) is 0 Å². The van der Waals surface area contributed by atoms with Crippen LogP contribution in [0.15, 0.2) is 42.5 Å². The van der Waals surface area contributed by atoms with Gasteiger partial charge in [-0.3, -0.25) is 9.59 Å². The van der Waals surface area contributed by atoms with E-state index in [1.807, 2.05) is 0 Å². The number of carbonyl (C=O) groups excluding carboxylic acids is 2. The average Bonchev–Trinajstić information content (AvgIpc) is 2.59. The Balaban J connectivity index is 2.16. The molecule has 2 aromatic rings. The van der Waals surface area contributed by atoms with Gasteiger partial charge in [0.25, 0.3) is 0 Å². The van der Waals surface area contributed by atoms with E-state index in [4.69, 9.17) is 9.47 Å². The van der Waals surface area contributed by atoms with Crippen molar-refractivity contribution >= 4 is 23.2 Å². The van der Waals surface area contributed by atoms with E-state index in [9.17, 15) is 14.0 Å². The van der Waals surface area contributed by atoms with Crippen molar-refractivity contribution in [3.8, 4) is 11.5 Å². The molecule has 2 rings (SSSR count). The maximum Gasteiger partial charge on any atom is 0.244 e. The van der Waals surface area contributed by atoms with Crippen molar-refractivity contribution in [2.24, 2.45) is 0 Å². The fourth-order valence-corrected chi connectivity index (χ4v) is 2.26. The Morgan fingerprint density at radius 2 is 1.88 bits per heavy atom. The van der Waals surface area contributed by atoms with Crippen molar-refractivity contribution in [3.63, 3.8) is 0 Å². The summed E-state index contributed by atoms with van der Waals surface area (Å²) in [7, 11) is 3.00. The van der Waals surface area contributed by atoms with Crippen LogP contribution in [0.5, 0.6) is 11.5 Å². The van der Waals surface area contributed by atoms with Crippen LogP contribution in [0.4, 0.5) is 15.8 Å². The van der Waals surface area contributed by atoms with Gasteiger partial charge in [-0.2, -0.15) is 0 Å². The molecule has 0 radical (unpaired) electrons. The normalized spacial score (nSPS) is 10.1. The Kier molecular flexibility index (Phi) is 5.94. The molecule has 0 saturated heterocycles. The fourth-order valence-electron chi connectivity index (χ4n) is 2.26. The third-order valence-corrected chi connectivity index (χ3v) is 3.48. The Labute approximate surface area is 145 Å². The molecule has 132 valence electrons. The van der Waals surface area contributed by atoms with E-state index in [2.05, 4.69) is 5.32 Å². The molecule has 2 aromatic carbocycles. The van der Waals surface area contributed by atoms with Gasteiger partial charge in [0, 0.05) is 18.7 Å². The van der Waals surface area contributed by atoms with Crippen molar-refractivity contribution in [3.05, 3.63) is 48.3 Å². The molecule has 7 heteroatoms. The van der Waals surface area contributed by atoms with Crippen molar-refractivity contribution < 1.29 is 23.5 Å². The van der Waals surface area contributed by atoms with Gasteiger partial charge in [-0.25, -0.2) is 4.39 Å². The summed E-state index contributed by atoms with van der Waals surface area (Å²) >= 11 is 0. The monoisotopic (exact) mass is 346 g/mol. The summed E-state index contributed by atoms with van der Waals surface area (Å²) in [6.07, 6.45) is 0. The third kappa shape index (κ3) is 4.69. The number of benzene rings is 2. The number of carbonyl (C=O) groups is 2. The third-order valence-electron chi connectivity index (χ3n) is 3.48. The second-order valence-corrected chi connectivity index (χ2v) is 5.20. The Morgan fingerprint density at radius 3 is 2.48 bits per heavy atom. The summed E-state index contributed by atoms with van der Waals surface area (Å²) in [5, 5.41) is 2.68. The van der Waals surface area contributed by atoms with Crippen molar-refractivity contribution in [2.45, 2.75) is 6.92 Å². The van der Waals surface area contributed by atoms with E-state index >= 15 is 0 Å². The minimum atomic E-state index is -0.485. The van der Waals surface area contributed by atoms with E-state index in [1.54, 1.807) is 24.3 Å². The van der Waals surface area contributed by atoms with Crippen molar-refractivity contribution in [1.29, 1.82) is 0 Å². The maximum absolute atomic E-state index is 13.4. The summed E-state index contributed by atoms with van der Waals surface area (Å²) < 4.78 is 23.7. The minimum Gasteiger partial charge on any atom is -0.497 e. The smallest absolute Gasteiger partial charge is 0.244 e. The summed E-state index contributed by atoms with van der Waals surface area (Å²) in [4.78, 5) is 25.3. The highest BCUT2D eigenvalue weighted by Gasteiger charge is 2.17. The molecule has 0 atom stereocenters. The first-order valence-corrected chi connectivity index (χ1v) is 7.50. The number of hydrogen-bond acceptors (Lipinski definition) is 4. The first-order valence-electron chi connectivity index (χ1n) is 7.50. The number of nitrogens with one attached hydrogen (secondary N) is 1. The van der Waals surface area contributed by atoms with Crippen molar-refractivity contribution in [1.82, 2.24) is 0 Å². The maximum atomic E-state index is 13.4. The van der Waals surface area contributed by atoms with Gasteiger partial charge in [-0.15, -0.1) is 0 Å². The standard InChI is InChI=1S/C18H19FN2O4/c1-12(22)21(14-6-4-5-13(19)9-14)11-18(23)20-16-8-7-15(24-2)10-17(16)25-3/h4-10H,11H2,1-3H3,(H,20,23). The number of rotatable bonds is 6. The Bertz CT molecular complexity index is 779. The molecule has 0 aromatic heterocycles. The highest BCUT2D eigenvalue weighted by Crippen LogP contribution is 2.29. The van der Waals surface area contributed by atoms with Crippen LogP contribution >= 0.6 is 0 Å². The summed E-state index contributed by atoms with van der Waals surface area (Å²) in [6.45, 7) is 1.06. The molecule has 0 bridgehead atoms. The summed E-state index contributed by atoms with van der Waals surface area (Å²) in [5.41, 5.74) is 0.750. The van der Waals surface area contributed by atoms with E-state index in [-0.39, 0.29) is 12.5 Å². The summed E-state index contributed by atoms with van der Waals surface area (Å²) in [6, 6.07) is 10.4. The number of amides is 2. The van der Waals surface area contributed by atoms with Gasteiger partial charge in [0.2, 0.25) is 11.8 Å². The number of halogens is 1. The molecule has 0 unspecified atom stereocenters. The van der Waals surface area contributed by atoms with E-state index in [0.29, 0.717) is 22.9 Å². The zero-order chi connectivity index (χ0) is 18.4. The highest BCUT2D eigenvalue weighted by atomic mass is 19.1. The predicted molar refractivity (Wildman–Crippen MR) is 92.6 cm³/mol. The lowest BCUT2D eigenvalue weighted by molar-refractivity contribution is -0.120. The summed E-state index contributed by atoms with van der Waals surface area (Å²) in [5.74, 6) is -0.292. The SMILES string of the molecule is COc1ccc(NC(=O)CN(C(C)=O)c2cccc(F)c2)c(OC)c1. The zero-order valence-corrected chi connectivity index (χ0v) is 14.2. The number of ether oxygens (including phenoxy) is 2. The van der Waals surface area contributed by atoms with Crippen LogP contribution < -0.4 is 19.7 Å². The van der Waals surface area contributed by atoms with Crippen LogP contribution in [-0.4, -0.2) is 32.6 Å². The molecule has 0 aliphatic rings. The lowest BCUT2D eigenvalue weighted by Gasteiger charge is -2.21. The molecule has 0 aliphatic heterocycles. The zero-order valence-electron chi connectivity index (χ0n) is 14.2. The number of nitrogens with zero attached hydrogens (tertiary/aromatic N) is 1. The van der Waals surface area contributed by atoms with E-state index in [1.165, 1.54) is 44.2 Å². The molecular formula is C18H19FN2O4. The Morgan fingerprint density at radius 1 is 1.12 bits per heavy atom. The number of hydrogen-bond donors (Lipinski definition) is 1. The van der Waals surface area contributed by atoms with Gasteiger partial charge in [0.05, 0.1) is 19.9 Å². The fraction of sp³-hybridized carbons (Fsp3) is 0.222. The number of methoxy groups -OCH3 is 2. The van der Waals surface area contributed by atoms with Crippen LogP contribution in [0, 0.1) is 5.82 Å². The molecule has 0 saturated carbocycles. The molecule has 0 aliphatic carbocycles.